The van der Waals surface area contributed by atoms with E-state index in [0.717, 1.165) is 0 Å². The molecular formula is C3H5ReY-. The zero-order chi connectivity index (χ0) is 2.71. The van der Waals surface area contributed by atoms with Crippen molar-refractivity contribution in [2.75, 3.05) is 0 Å². The summed E-state index contributed by atoms with van der Waals surface area (Å²) in [7, 11) is 0. The first-order valence-electron chi connectivity index (χ1n) is 0.911. The van der Waals surface area contributed by atoms with Crippen LogP contribution in [-0.2, 0) is 53.1 Å². The minimum absolute atomic E-state index is 0. The van der Waals surface area contributed by atoms with E-state index in [0.29, 0.717) is 0 Å². The van der Waals surface area contributed by atoms with Gasteiger partial charge in [-0.05, 0) is 0 Å². The average molecular weight is 316 g/mol. The van der Waals surface area contributed by atoms with Gasteiger partial charge in [0.2, 0.25) is 0 Å². The third-order valence-corrected chi connectivity index (χ3v) is 0. The van der Waals surface area contributed by atoms with Crippen LogP contribution >= 0.6 is 0 Å². The Bertz CT molecular complexity index is 14.4. The fraction of sp³-hybridized carbons (Fsp3) is 0.333. The Morgan fingerprint density at radius 3 is 1.60 bits per heavy atom. The van der Waals surface area contributed by atoms with E-state index in [1.807, 2.05) is 0 Å². The maximum absolute atomic E-state index is 4.72. The van der Waals surface area contributed by atoms with E-state index >= 15 is 0 Å². The Balaban J connectivity index is -0.0000000200. The minimum Gasteiger partial charge on any atom is -0.518 e. The van der Waals surface area contributed by atoms with Gasteiger partial charge in [0.15, 0.2) is 0 Å². The molecule has 0 aromatic rings. The fourth-order valence-corrected chi connectivity index (χ4v) is 0. The van der Waals surface area contributed by atoms with Crippen LogP contribution in [0.15, 0.2) is 6.08 Å². The van der Waals surface area contributed by atoms with Crippen LogP contribution in [0.1, 0.15) is 6.92 Å². The van der Waals surface area contributed by atoms with Crippen molar-refractivity contribution in [3.05, 3.63) is 12.7 Å². The van der Waals surface area contributed by atoms with Crippen LogP contribution in [0.4, 0.5) is 0 Å². The number of hydrogen-bond donors (Lipinski definition) is 0. The van der Waals surface area contributed by atoms with Crippen molar-refractivity contribution in [1.82, 2.24) is 0 Å². The molecule has 0 saturated carbocycles. The summed E-state index contributed by atoms with van der Waals surface area (Å²) in [5.74, 6) is 0. The first-order chi connectivity index (χ1) is 1.41. The molecule has 0 aromatic carbocycles. The van der Waals surface area contributed by atoms with Gasteiger partial charge in [-0.3, -0.25) is 6.08 Å². The second-order valence-electron chi connectivity index (χ2n) is 0.333. The van der Waals surface area contributed by atoms with Crippen molar-refractivity contribution in [3.8, 4) is 0 Å². The van der Waals surface area contributed by atoms with E-state index in [4.69, 9.17) is 6.58 Å². The SMILES string of the molecule is [CH-]=CC.[Re].[Y]. The molecule has 0 saturated heterocycles. The standard InChI is InChI=1S/C3H5.Re.Y/c1-3-2;;/h1,3H,2H3;;/q-1;;. The molecule has 0 atom stereocenters. The third kappa shape index (κ3) is 29.8. The van der Waals surface area contributed by atoms with Gasteiger partial charge in [0.05, 0.1) is 0 Å². The van der Waals surface area contributed by atoms with Gasteiger partial charge in [-0.25, -0.2) is 0 Å². The molecule has 2 heteroatoms. The minimum atomic E-state index is 0. The molecule has 0 aliphatic carbocycles. The van der Waals surface area contributed by atoms with Gasteiger partial charge in [0.1, 0.15) is 0 Å². The smallest absolute Gasteiger partial charge is 0 e. The van der Waals surface area contributed by atoms with Crippen molar-refractivity contribution in [2.45, 2.75) is 6.92 Å². The second kappa shape index (κ2) is 17.8. The summed E-state index contributed by atoms with van der Waals surface area (Å²) < 4.78 is 0. The quantitative estimate of drug-likeness (QED) is 0.585. The molecule has 0 bridgehead atoms. The third-order valence-electron chi connectivity index (χ3n) is 0. The first kappa shape index (κ1) is 16.0. The van der Waals surface area contributed by atoms with E-state index < -0.39 is 0 Å². The van der Waals surface area contributed by atoms with Crippen molar-refractivity contribution in [3.63, 3.8) is 0 Å². The molecule has 0 N–H and O–H groups in total. The van der Waals surface area contributed by atoms with Crippen LogP contribution in [0.5, 0.6) is 0 Å². The normalized spacial score (nSPS) is 2.60. The van der Waals surface area contributed by atoms with E-state index in [2.05, 4.69) is 0 Å². The van der Waals surface area contributed by atoms with Crippen LogP contribution in [0.2, 0.25) is 0 Å². The van der Waals surface area contributed by atoms with Gasteiger partial charge in [0, 0.05) is 53.1 Å². The van der Waals surface area contributed by atoms with Crippen LogP contribution in [0.3, 0.4) is 0 Å². The topological polar surface area (TPSA) is 0 Å². The Morgan fingerprint density at radius 1 is 1.60 bits per heavy atom. The molecule has 0 heterocycles. The van der Waals surface area contributed by atoms with E-state index in [9.17, 15) is 0 Å². The largest absolute Gasteiger partial charge is 0.518 e. The molecule has 0 rings (SSSR count). The maximum atomic E-state index is 4.72. The number of rotatable bonds is 0. The second-order valence-corrected chi connectivity index (χ2v) is 0.333. The van der Waals surface area contributed by atoms with Crippen LogP contribution in [0, 0.1) is 6.58 Å². The van der Waals surface area contributed by atoms with Crippen molar-refractivity contribution >= 4 is 0 Å². The summed E-state index contributed by atoms with van der Waals surface area (Å²) in [5, 5.41) is 0. The van der Waals surface area contributed by atoms with Gasteiger partial charge in [-0.2, -0.15) is 0 Å². The summed E-state index contributed by atoms with van der Waals surface area (Å²) in [6.45, 7) is 6.50. The van der Waals surface area contributed by atoms with Gasteiger partial charge in [-0.15, -0.1) is 0 Å². The molecule has 0 aliphatic rings. The summed E-state index contributed by atoms with van der Waals surface area (Å²) >= 11 is 0. The van der Waals surface area contributed by atoms with Crippen molar-refractivity contribution in [2.24, 2.45) is 0 Å². The van der Waals surface area contributed by atoms with Crippen molar-refractivity contribution < 1.29 is 53.1 Å². The number of allylic oxidation sites excluding steroid dienone is 1. The van der Waals surface area contributed by atoms with Gasteiger partial charge in [0.25, 0.3) is 0 Å². The predicted octanol–water partition coefficient (Wildman–Crippen LogP) is 0.990. The predicted molar refractivity (Wildman–Crippen MR) is 14.5 cm³/mol. The molecule has 0 unspecified atom stereocenters. The Morgan fingerprint density at radius 2 is 1.60 bits per heavy atom. The molecule has 0 amide bonds. The molecule has 0 aliphatic heterocycles. The van der Waals surface area contributed by atoms with E-state index in [-0.39, 0.29) is 53.1 Å². The zero-order valence-corrected chi connectivity index (χ0v) is 8.66. The molecule has 0 nitrogen and oxygen atoms in total. The van der Waals surface area contributed by atoms with Crippen LogP contribution < -0.4 is 0 Å². The Kier molecular flexibility index (Phi) is 57.1. The van der Waals surface area contributed by atoms with Gasteiger partial charge in [-0.1, -0.05) is 6.92 Å². The summed E-state index contributed by atoms with van der Waals surface area (Å²) in [6.07, 6.45) is 1.50. The van der Waals surface area contributed by atoms with Gasteiger partial charge >= 0.3 is 0 Å². The molecule has 0 spiro atoms. The van der Waals surface area contributed by atoms with Crippen LogP contribution in [-0.4, -0.2) is 0 Å². The average Bonchev–Trinajstić information content (AvgIpc) is 0.918. The van der Waals surface area contributed by atoms with Gasteiger partial charge < -0.3 is 6.58 Å². The molecule has 0 aromatic heterocycles. The van der Waals surface area contributed by atoms with E-state index in [1.54, 1.807) is 6.92 Å². The van der Waals surface area contributed by atoms with Crippen molar-refractivity contribution in [1.29, 1.82) is 0 Å². The zero-order valence-electron chi connectivity index (χ0n) is 3.11. The Labute approximate surface area is 71.9 Å². The fourth-order valence-electron chi connectivity index (χ4n) is 0. The molecule has 2 radical (unpaired) electrons. The molecule has 5 heavy (non-hydrogen) atoms. The summed E-state index contributed by atoms with van der Waals surface area (Å²) in [6, 6.07) is 0. The number of hydrogen-bond acceptors (Lipinski definition) is 0. The molecular weight excluding hydrogens is 311 g/mol. The molecule has 0 fully saturated rings. The summed E-state index contributed by atoms with van der Waals surface area (Å²) in [4.78, 5) is 0. The summed E-state index contributed by atoms with van der Waals surface area (Å²) in [5.41, 5.74) is 0. The Hall–Kier alpha value is 1.51. The monoisotopic (exact) mass is 317 g/mol. The van der Waals surface area contributed by atoms with E-state index in [1.165, 1.54) is 6.08 Å². The molecule has 28 valence electrons. The van der Waals surface area contributed by atoms with Crippen LogP contribution in [0.25, 0.3) is 0 Å². The first-order valence-corrected chi connectivity index (χ1v) is 0.911. The maximum Gasteiger partial charge on any atom is 0 e.